The van der Waals surface area contributed by atoms with Gasteiger partial charge >= 0.3 is 5.97 Å². The molecule has 9 nitrogen and oxygen atoms in total. The summed E-state index contributed by atoms with van der Waals surface area (Å²) in [5, 5.41) is 9.87. The van der Waals surface area contributed by atoms with E-state index in [1.807, 2.05) is 13.8 Å². The highest BCUT2D eigenvalue weighted by Crippen LogP contribution is 2.34. The largest absolute Gasteiger partial charge is 0.467 e. The molecule has 2 aromatic rings. The molecule has 1 unspecified atom stereocenters. The van der Waals surface area contributed by atoms with Gasteiger partial charge in [0.25, 0.3) is 5.91 Å². The number of ether oxygens (including phenoxy) is 1. The first kappa shape index (κ1) is 26.3. The molecule has 2 fully saturated rings. The molecule has 0 bridgehead atoms. The third kappa shape index (κ3) is 6.13. The summed E-state index contributed by atoms with van der Waals surface area (Å²) >= 11 is 12.3. The van der Waals surface area contributed by atoms with Crippen LogP contribution < -0.4 is 16.0 Å². The zero-order valence-electron chi connectivity index (χ0n) is 20.4. The van der Waals surface area contributed by atoms with Gasteiger partial charge in [0.05, 0.1) is 12.1 Å². The number of hydrogen-bond acceptors (Lipinski definition) is 5. The van der Waals surface area contributed by atoms with Crippen molar-refractivity contribution in [3.05, 3.63) is 33.9 Å². The fraction of sp³-hybridized carbons (Fsp3) is 0.520. The maximum absolute atomic E-state index is 13.3. The number of carbonyl (C=O) groups excluding carboxylic acids is 4. The fourth-order valence-corrected chi connectivity index (χ4v) is 5.28. The van der Waals surface area contributed by atoms with Crippen LogP contribution in [0.5, 0.6) is 0 Å². The number of methoxy groups -OCH3 is 1. The van der Waals surface area contributed by atoms with Crippen LogP contribution in [0.1, 0.15) is 56.4 Å². The van der Waals surface area contributed by atoms with Crippen molar-refractivity contribution in [3.8, 4) is 0 Å². The molecular weight excluding hydrogens is 507 g/mol. The lowest BCUT2D eigenvalue weighted by Crippen LogP contribution is -2.52. The highest BCUT2D eigenvalue weighted by molar-refractivity contribution is 6.38. The maximum Gasteiger partial charge on any atom is 0.328 e. The van der Waals surface area contributed by atoms with Gasteiger partial charge in [-0.15, -0.1) is 0 Å². The van der Waals surface area contributed by atoms with Crippen molar-refractivity contribution >= 4 is 57.8 Å². The van der Waals surface area contributed by atoms with Gasteiger partial charge in [-0.05, 0) is 57.2 Å². The van der Waals surface area contributed by atoms with Gasteiger partial charge in [-0.2, -0.15) is 0 Å². The van der Waals surface area contributed by atoms with Crippen molar-refractivity contribution in [1.82, 2.24) is 20.9 Å². The summed E-state index contributed by atoms with van der Waals surface area (Å²) in [6, 6.07) is 2.97. The van der Waals surface area contributed by atoms with E-state index in [0.717, 1.165) is 12.8 Å². The Balaban J connectivity index is 1.48. The molecule has 1 aliphatic heterocycles. The molecule has 1 saturated carbocycles. The molecular formula is C25H30Cl2N4O5. The highest BCUT2D eigenvalue weighted by atomic mass is 35.5. The van der Waals surface area contributed by atoms with E-state index in [9.17, 15) is 19.2 Å². The average Bonchev–Trinajstić information content (AvgIpc) is 3.44. The first-order valence-electron chi connectivity index (χ1n) is 11.9. The summed E-state index contributed by atoms with van der Waals surface area (Å²) in [7, 11) is 1.23. The summed E-state index contributed by atoms with van der Waals surface area (Å²) in [5.41, 5.74) is 0.447. The van der Waals surface area contributed by atoms with E-state index in [-0.39, 0.29) is 23.6 Å². The van der Waals surface area contributed by atoms with Crippen molar-refractivity contribution in [2.75, 3.05) is 7.11 Å². The SMILES string of the molecule is COC(=O)C(C[C@@H]1CC(C)(C)NC1=O)NC(=O)[C@H](CC1CC1)NC(=O)c1cc2c(Cl)cc(Cl)cc2[nH]1. The van der Waals surface area contributed by atoms with Gasteiger partial charge in [-0.1, -0.05) is 36.0 Å². The Morgan fingerprint density at radius 3 is 2.44 bits per heavy atom. The minimum atomic E-state index is -1.01. The maximum atomic E-state index is 13.3. The standard InChI is InChI=1S/C25H30Cl2N4O5/c1-25(2)11-13(21(32)31-25)7-20(24(35)36-3)30-22(33)18(6-12-4-5-12)29-23(34)19-10-15-16(27)8-14(26)9-17(15)28-19/h8-10,12-13,18,20,28H,4-7,11H2,1-3H3,(H,29,34)(H,30,33)(H,31,32)/t13-,18+,20?/m1/s1. The third-order valence-electron chi connectivity index (χ3n) is 6.70. The first-order valence-corrected chi connectivity index (χ1v) is 12.7. The number of fused-ring (bicyclic) bond motifs is 1. The third-order valence-corrected chi connectivity index (χ3v) is 7.23. The van der Waals surface area contributed by atoms with Gasteiger partial charge < -0.3 is 25.7 Å². The topological polar surface area (TPSA) is 129 Å². The number of aromatic amines is 1. The van der Waals surface area contributed by atoms with Crippen LogP contribution in [0.25, 0.3) is 10.9 Å². The van der Waals surface area contributed by atoms with Crippen LogP contribution in [0.15, 0.2) is 18.2 Å². The Labute approximate surface area is 219 Å². The zero-order valence-corrected chi connectivity index (χ0v) is 21.9. The molecule has 0 radical (unpaired) electrons. The van der Waals surface area contributed by atoms with Crippen LogP contribution in [0.4, 0.5) is 0 Å². The molecule has 4 rings (SSSR count). The van der Waals surface area contributed by atoms with E-state index in [2.05, 4.69) is 20.9 Å². The van der Waals surface area contributed by atoms with Gasteiger partial charge in [0.2, 0.25) is 11.8 Å². The Hall–Kier alpha value is -2.78. The van der Waals surface area contributed by atoms with E-state index in [4.69, 9.17) is 27.9 Å². The Bertz CT molecular complexity index is 1210. The minimum Gasteiger partial charge on any atom is -0.467 e. The highest BCUT2D eigenvalue weighted by Gasteiger charge is 2.41. The van der Waals surface area contributed by atoms with E-state index in [1.165, 1.54) is 7.11 Å². The second-order valence-electron chi connectivity index (χ2n) is 10.3. The molecule has 194 valence electrons. The lowest BCUT2D eigenvalue weighted by Gasteiger charge is -2.23. The molecule has 0 spiro atoms. The summed E-state index contributed by atoms with van der Waals surface area (Å²) in [5.74, 6) is -1.91. The molecule has 1 aromatic heterocycles. The van der Waals surface area contributed by atoms with E-state index in [1.54, 1.807) is 18.2 Å². The van der Waals surface area contributed by atoms with E-state index < -0.39 is 35.8 Å². The molecule has 36 heavy (non-hydrogen) atoms. The Morgan fingerprint density at radius 1 is 1.11 bits per heavy atom. The van der Waals surface area contributed by atoms with Crippen LogP contribution in [0, 0.1) is 11.8 Å². The fourth-order valence-electron chi connectivity index (χ4n) is 4.74. The summed E-state index contributed by atoms with van der Waals surface area (Å²) in [4.78, 5) is 54.2. The van der Waals surface area contributed by atoms with Crippen LogP contribution in [-0.4, -0.2) is 53.4 Å². The van der Waals surface area contributed by atoms with Gasteiger partial charge in [0.15, 0.2) is 0 Å². The molecule has 2 aliphatic rings. The number of carbonyl (C=O) groups is 4. The number of amides is 3. The molecule has 3 amide bonds. The molecule has 3 atom stereocenters. The van der Waals surface area contributed by atoms with Crippen LogP contribution in [0.3, 0.4) is 0 Å². The number of H-pyrrole nitrogens is 1. The zero-order chi connectivity index (χ0) is 26.2. The Morgan fingerprint density at radius 2 is 1.83 bits per heavy atom. The van der Waals surface area contributed by atoms with Crippen molar-refractivity contribution in [1.29, 1.82) is 0 Å². The quantitative estimate of drug-likeness (QED) is 0.365. The lowest BCUT2D eigenvalue weighted by atomic mass is 9.91. The lowest BCUT2D eigenvalue weighted by molar-refractivity contribution is -0.146. The number of hydrogen-bond donors (Lipinski definition) is 4. The van der Waals surface area contributed by atoms with Gasteiger partial charge in [0.1, 0.15) is 17.8 Å². The second-order valence-corrected chi connectivity index (χ2v) is 11.2. The predicted molar refractivity (Wildman–Crippen MR) is 136 cm³/mol. The predicted octanol–water partition coefficient (Wildman–Crippen LogP) is 3.34. The molecule has 11 heteroatoms. The normalized spacial score (nSPS) is 20.5. The number of aromatic nitrogens is 1. The molecule has 2 heterocycles. The van der Waals surface area contributed by atoms with Crippen molar-refractivity contribution in [3.63, 3.8) is 0 Å². The van der Waals surface area contributed by atoms with Crippen LogP contribution >= 0.6 is 23.2 Å². The molecule has 1 aromatic carbocycles. The monoisotopic (exact) mass is 536 g/mol. The summed E-state index contributed by atoms with van der Waals surface area (Å²) in [6.45, 7) is 3.81. The molecule has 4 N–H and O–H groups in total. The first-order chi connectivity index (χ1) is 17.0. The number of nitrogens with one attached hydrogen (secondary N) is 4. The van der Waals surface area contributed by atoms with Crippen LogP contribution in [-0.2, 0) is 19.1 Å². The molecule has 1 saturated heterocycles. The van der Waals surface area contributed by atoms with Crippen molar-refractivity contribution in [2.45, 2.75) is 63.6 Å². The van der Waals surface area contributed by atoms with Crippen molar-refractivity contribution < 1.29 is 23.9 Å². The Kier molecular flexibility index (Phi) is 7.52. The number of halogens is 2. The van der Waals surface area contributed by atoms with E-state index in [0.29, 0.717) is 39.7 Å². The average molecular weight is 537 g/mol. The van der Waals surface area contributed by atoms with E-state index >= 15 is 0 Å². The molecule has 1 aliphatic carbocycles. The minimum absolute atomic E-state index is 0.110. The second kappa shape index (κ2) is 10.3. The van der Waals surface area contributed by atoms with Gasteiger partial charge in [0, 0.05) is 27.4 Å². The van der Waals surface area contributed by atoms with Crippen LogP contribution in [0.2, 0.25) is 10.0 Å². The number of esters is 1. The number of rotatable bonds is 9. The smallest absolute Gasteiger partial charge is 0.328 e. The summed E-state index contributed by atoms with van der Waals surface area (Å²) in [6.07, 6.45) is 3.02. The summed E-state index contributed by atoms with van der Waals surface area (Å²) < 4.78 is 4.89. The van der Waals surface area contributed by atoms with Gasteiger partial charge in [-0.3, -0.25) is 14.4 Å². The number of benzene rings is 1. The van der Waals surface area contributed by atoms with Gasteiger partial charge in [-0.25, -0.2) is 4.79 Å². The van der Waals surface area contributed by atoms with Crippen molar-refractivity contribution in [2.24, 2.45) is 11.8 Å².